The molecule has 0 amide bonds. The van der Waals surface area contributed by atoms with Crippen molar-refractivity contribution in [1.82, 2.24) is 9.24 Å². The molecule has 2 aromatic rings. The molecule has 1 saturated heterocycles. The molecular weight excluding hydrogens is 396 g/mol. The minimum atomic E-state index is -1.17. The summed E-state index contributed by atoms with van der Waals surface area (Å²) in [4.78, 5) is 26.9. The second-order valence-electron chi connectivity index (χ2n) is 8.32. The van der Waals surface area contributed by atoms with Crippen molar-refractivity contribution in [2.75, 3.05) is 37.5 Å². The number of alkyl halides is 1. The minimum absolute atomic E-state index is 0.0682. The molecule has 2 heterocycles. The highest BCUT2D eigenvalue weighted by atomic mass is 19.1. The molecule has 10 heteroatoms. The number of hydrogen-bond acceptors (Lipinski definition) is 6. The van der Waals surface area contributed by atoms with E-state index in [0.717, 1.165) is 12.8 Å². The van der Waals surface area contributed by atoms with Gasteiger partial charge in [-0.2, -0.15) is 4.68 Å². The fourth-order valence-electron chi connectivity index (χ4n) is 4.50. The summed E-state index contributed by atoms with van der Waals surface area (Å²) >= 11 is 0. The van der Waals surface area contributed by atoms with Gasteiger partial charge in [0.2, 0.25) is 0 Å². The smallest absolute Gasteiger partial charge is 0.350 e. The summed E-state index contributed by atoms with van der Waals surface area (Å²) < 4.78 is 36.8. The summed E-state index contributed by atoms with van der Waals surface area (Å²) in [5.41, 5.74) is 5.89. The molecule has 0 bridgehead atoms. The van der Waals surface area contributed by atoms with Crippen molar-refractivity contribution in [2.45, 2.75) is 44.4 Å². The van der Waals surface area contributed by atoms with Gasteiger partial charge in [-0.25, -0.2) is 13.6 Å². The van der Waals surface area contributed by atoms with Gasteiger partial charge in [-0.15, -0.1) is 0 Å². The second-order valence-corrected chi connectivity index (χ2v) is 8.32. The fraction of sp³-hybridized carbons (Fsp3) is 0.600. The number of methoxy groups -OCH3 is 1. The van der Waals surface area contributed by atoms with Crippen LogP contribution in [0.25, 0.3) is 10.9 Å². The Labute approximate surface area is 172 Å². The molecule has 8 nitrogen and oxygen atoms in total. The van der Waals surface area contributed by atoms with Crippen LogP contribution in [0.4, 0.5) is 14.5 Å². The molecule has 30 heavy (non-hydrogen) atoms. The summed E-state index contributed by atoms with van der Waals surface area (Å²) in [6.07, 6.45) is 0.867. The first-order valence-electron chi connectivity index (χ1n) is 10.1. The summed E-state index contributed by atoms with van der Waals surface area (Å²) in [5, 5.41) is -0.213. The van der Waals surface area contributed by atoms with Crippen LogP contribution in [0.1, 0.15) is 30.9 Å². The van der Waals surface area contributed by atoms with Gasteiger partial charge in [0.05, 0.1) is 5.52 Å². The predicted octanol–water partition coefficient (Wildman–Crippen LogP) is 0.798. The van der Waals surface area contributed by atoms with Crippen molar-refractivity contribution < 1.29 is 13.5 Å². The van der Waals surface area contributed by atoms with Gasteiger partial charge in [0.25, 0.3) is 5.56 Å². The Balaban J connectivity index is 1.81. The van der Waals surface area contributed by atoms with Gasteiger partial charge in [0.15, 0.2) is 0 Å². The van der Waals surface area contributed by atoms with E-state index in [2.05, 4.69) is 0 Å². The number of hydrogen-bond donors (Lipinski definition) is 2. The molecule has 1 aromatic carbocycles. The van der Waals surface area contributed by atoms with Gasteiger partial charge in [-0.3, -0.25) is 9.36 Å². The molecule has 2 aliphatic rings. The number of halogens is 2. The Kier molecular flexibility index (Phi) is 5.31. The predicted molar refractivity (Wildman–Crippen MR) is 111 cm³/mol. The van der Waals surface area contributed by atoms with Crippen LogP contribution in [0, 0.1) is 18.7 Å². The fourth-order valence-corrected chi connectivity index (χ4v) is 4.50. The number of rotatable bonds is 6. The van der Waals surface area contributed by atoms with E-state index in [0.29, 0.717) is 35.5 Å². The summed E-state index contributed by atoms with van der Waals surface area (Å²) in [6.45, 7) is 2.55. The average Bonchev–Trinajstić information content (AvgIpc) is 3.47. The third-order valence-corrected chi connectivity index (χ3v) is 6.31. The third-order valence-electron chi connectivity index (χ3n) is 6.31. The van der Waals surface area contributed by atoms with Crippen LogP contribution in [0.15, 0.2) is 15.7 Å². The number of fused-ring (bicyclic) bond motifs is 1. The maximum atomic E-state index is 15.1. The lowest BCUT2D eigenvalue weighted by Gasteiger charge is -2.24. The van der Waals surface area contributed by atoms with Gasteiger partial charge >= 0.3 is 5.69 Å². The number of anilines is 1. The lowest BCUT2D eigenvalue weighted by Crippen LogP contribution is -2.45. The molecular formula is C20H27F2N5O3. The van der Waals surface area contributed by atoms with E-state index in [1.807, 2.05) is 0 Å². The average molecular weight is 423 g/mol. The van der Waals surface area contributed by atoms with Gasteiger partial charge < -0.3 is 21.2 Å². The molecule has 1 aliphatic carbocycles. The van der Waals surface area contributed by atoms with Crippen LogP contribution in [0.5, 0.6) is 0 Å². The molecule has 0 radical (unpaired) electrons. The zero-order valence-electron chi connectivity index (χ0n) is 17.1. The topological polar surface area (TPSA) is 109 Å². The SMILES string of the molecule is COCC[C@H](N)[C@H]1CN(c2cc(F)c3c(=O)n(N)c(=O)n(C4CC4)c3c2C)C[C@H]1F. The number of nitrogens with zero attached hydrogens (tertiary/aromatic N) is 3. The van der Waals surface area contributed by atoms with Crippen LogP contribution in [0.2, 0.25) is 0 Å². The molecule has 1 aromatic heterocycles. The maximum absolute atomic E-state index is 15.1. The minimum Gasteiger partial charge on any atom is -0.385 e. The molecule has 3 atom stereocenters. The van der Waals surface area contributed by atoms with Crippen molar-refractivity contribution in [3.8, 4) is 0 Å². The van der Waals surface area contributed by atoms with Crippen LogP contribution >= 0.6 is 0 Å². The molecule has 164 valence electrons. The van der Waals surface area contributed by atoms with Gasteiger partial charge in [-0.05, 0) is 37.8 Å². The summed E-state index contributed by atoms with van der Waals surface area (Å²) in [7, 11) is 1.57. The number of aryl methyl sites for hydroxylation is 1. The highest BCUT2D eigenvalue weighted by molar-refractivity contribution is 5.87. The van der Waals surface area contributed by atoms with Crippen LogP contribution in [-0.2, 0) is 4.74 Å². The number of benzene rings is 1. The second kappa shape index (κ2) is 7.66. The van der Waals surface area contributed by atoms with E-state index >= 15 is 4.39 Å². The van der Waals surface area contributed by atoms with Crippen molar-refractivity contribution in [3.63, 3.8) is 0 Å². The molecule has 2 fully saturated rings. The van der Waals surface area contributed by atoms with Gasteiger partial charge in [0, 0.05) is 50.5 Å². The first kappa shape index (κ1) is 20.8. The molecule has 0 spiro atoms. The number of nitrogen functional groups attached to an aromatic ring is 1. The van der Waals surface area contributed by atoms with Crippen molar-refractivity contribution in [1.29, 1.82) is 0 Å². The molecule has 0 unspecified atom stereocenters. The van der Waals surface area contributed by atoms with E-state index in [9.17, 15) is 14.0 Å². The molecule has 1 saturated carbocycles. The lowest BCUT2D eigenvalue weighted by atomic mass is 9.96. The van der Waals surface area contributed by atoms with Crippen molar-refractivity contribution in [3.05, 3.63) is 38.3 Å². The zero-order chi connectivity index (χ0) is 21.7. The van der Waals surface area contributed by atoms with E-state index in [1.54, 1.807) is 18.9 Å². The monoisotopic (exact) mass is 423 g/mol. The Bertz CT molecular complexity index is 1090. The van der Waals surface area contributed by atoms with Crippen LogP contribution < -0.4 is 27.7 Å². The quantitative estimate of drug-likeness (QED) is 0.666. The summed E-state index contributed by atoms with van der Waals surface area (Å²) in [6, 6.07) is 0.729. The lowest BCUT2D eigenvalue weighted by molar-refractivity contribution is 0.166. The van der Waals surface area contributed by atoms with Crippen molar-refractivity contribution in [2.24, 2.45) is 11.7 Å². The van der Waals surface area contributed by atoms with E-state index in [-0.39, 0.29) is 29.5 Å². The number of aromatic nitrogens is 2. The van der Waals surface area contributed by atoms with E-state index < -0.39 is 29.2 Å². The maximum Gasteiger partial charge on any atom is 0.350 e. The first-order valence-corrected chi connectivity index (χ1v) is 10.1. The standard InChI is InChI=1S/C20H27F2N5O3/c1-10-16(25-8-12(14(22)9-25)15(23)5-6-30-2)7-13(21)17-18(10)26(11-3-4-11)20(29)27(24)19(17)28/h7,11-12,14-15H,3-6,8-9,23-24H2,1-2H3/t12-,14+,15-/m0/s1. The highest BCUT2D eigenvalue weighted by Gasteiger charge is 2.38. The van der Waals surface area contributed by atoms with Crippen molar-refractivity contribution >= 4 is 16.6 Å². The van der Waals surface area contributed by atoms with Gasteiger partial charge in [-0.1, -0.05) is 0 Å². The van der Waals surface area contributed by atoms with Crippen LogP contribution in [-0.4, -0.2) is 48.3 Å². The molecule has 4 N–H and O–H groups in total. The highest BCUT2D eigenvalue weighted by Crippen LogP contribution is 2.39. The largest absolute Gasteiger partial charge is 0.385 e. The Morgan fingerprint density at radius 1 is 1.30 bits per heavy atom. The first-order chi connectivity index (χ1) is 14.3. The Hall–Kier alpha value is -2.46. The normalized spacial score (nSPS) is 22.8. The Morgan fingerprint density at radius 2 is 2.00 bits per heavy atom. The summed E-state index contributed by atoms with van der Waals surface area (Å²) in [5.74, 6) is 4.44. The number of ether oxygens (including phenoxy) is 1. The van der Waals surface area contributed by atoms with E-state index in [1.165, 1.54) is 10.6 Å². The van der Waals surface area contributed by atoms with Crippen LogP contribution in [0.3, 0.4) is 0 Å². The van der Waals surface area contributed by atoms with Gasteiger partial charge in [0.1, 0.15) is 17.4 Å². The number of nitrogens with two attached hydrogens (primary N) is 2. The molecule has 4 rings (SSSR count). The Morgan fingerprint density at radius 3 is 2.63 bits per heavy atom. The third kappa shape index (κ3) is 3.27. The zero-order valence-corrected chi connectivity index (χ0v) is 17.1. The molecule has 1 aliphatic heterocycles. The van der Waals surface area contributed by atoms with E-state index in [4.69, 9.17) is 16.3 Å².